The number of carbonyl (C=O) groups is 2. The lowest BCUT2D eigenvalue weighted by molar-refractivity contribution is -0.136. The monoisotopic (exact) mass is 675 g/mol. The third-order valence-electron chi connectivity index (χ3n) is 7.18. The Morgan fingerprint density at radius 3 is 2.62 bits per heavy atom. The number of rotatable bonds is 7. The second kappa shape index (κ2) is 12.9. The molecule has 1 aliphatic rings. The summed E-state index contributed by atoms with van der Waals surface area (Å²) in [7, 11) is 0. The molecule has 0 unspecified atom stereocenters. The Bertz CT molecular complexity index is 1960. The van der Waals surface area contributed by atoms with Crippen LogP contribution in [0.3, 0.4) is 0 Å². The number of ether oxygens (including phenoxy) is 2. The predicted octanol–water partition coefficient (Wildman–Crippen LogP) is 5.77. The van der Waals surface area contributed by atoms with Gasteiger partial charge in [-0.3, -0.25) is 4.79 Å². The van der Waals surface area contributed by atoms with Gasteiger partial charge in [0, 0.05) is 23.5 Å². The number of halogens is 6. The van der Waals surface area contributed by atoms with Gasteiger partial charge in [-0.2, -0.15) is 26.5 Å². The fourth-order valence-corrected chi connectivity index (χ4v) is 5.18. The molecule has 47 heavy (non-hydrogen) atoms. The van der Waals surface area contributed by atoms with Crippen molar-refractivity contribution in [1.82, 2.24) is 29.8 Å². The molecule has 1 fully saturated rings. The first kappa shape index (κ1) is 31.7. The van der Waals surface area contributed by atoms with Crippen LogP contribution in [0.4, 0.5) is 32.7 Å². The standard InChI is InChI=1S/C30H23ClF5N7O4/c31-17-9-10-18(22(13-17)47-27(32)33)24-40-25-19-7-4-8-20(30(34,35)36)23(19)39-28(43(25)41-24)38-21-14-42(12-11-37-26(21)44)29(45)46-15-16-5-2-1-3-6-16/h1-10,13,21,27H,11-12,14-15H2,(H,37,44)(H,38,39)/t21-/m1/s1. The summed E-state index contributed by atoms with van der Waals surface area (Å²) in [4.78, 5) is 35.9. The molecule has 2 aromatic heterocycles. The van der Waals surface area contributed by atoms with Crippen LogP contribution in [-0.2, 0) is 22.3 Å². The predicted molar refractivity (Wildman–Crippen MR) is 159 cm³/mol. The van der Waals surface area contributed by atoms with Crippen molar-refractivity contribution in [1.29, 1.82) is 0 Å². The highest BCUT2D eigenvalue weighted by molar-refractivity contribution is 6.30. The van der Waals surface area contributed by atoms with Crippen molar-refractivity contribution in [2.24, 2.45) is 0 Å². The highest BCUT2D eigenvalue weighted by atomic mass is 35.5. The fourth-order valence-electron chi connectivity index (χ4n) is 5.02. The molecule has 11 nitrogen and oxygen atoms in total. The first-order chi connectivity index (χ1) is 22.5. The first-order valence-electron chi connectivity index (χ1n) is 14.0. The molecule has 2 N–H and O–H groups in total. The summed E-state index contributed by atoms with van der Waals surface area (Å²) in [5.74, 6) is -1.50. The lowest BCUT2D eigenvalue weighted by atomic mass is 10.1. The van der Waals surface area contributed by atoms with Crippen LogP contribution >= 0.6 is 11.6 Å². The summed E-state index contributed by atoms with van der Waals surface area (Å²) in [6, 6.07) is 14.9. The zero-order valence-electron chi connectivity index (χ0n) is 24.0. The van der Waals surface area contributed by atoms with Crippen LogP contribution < -0.4 is 15.4 Å². The van der Waals surface area contributed by atoms with Gasteiger partial charge in [0.25, 0.3) is 0 Å². The topological polar surface area (TPSA) is 123 Å². The highest BCUT2D eigenvalue weighted by Gasteiger charge is 2.35. The van der Waals surface area contributed by atoms with Gasteiger partial charge in [-0.1, -0.05) is 48.0 Å². The maximum atomic E-state index is 14.1. The maximum Gasteiger partial charge on any atom is 0.418 e. The molecule has 3 aromatic carbocycles. The van der Waals surface area contributed by atoms with E-state index >= 15 is 0 Å². The largest absolute Gasteiger partial charge is 0.445 e. The SMILES string of the molecule is O=C1NCCN(C(=O)OCc2ccccc2)C[C@H]1Nc1nc2c(C(F)(F)F)cccc2c2nc(-c3ccc(Cl)cc3OC(F)F)nn12. The van der Waals surface area contributed by atoms with E-state index in [1.165, 1.54) is 29.2 Å². The Morgan fingerprint density at radius 2 is 1.87 bits per heavy atom. The van der Waals surface area contributed by atoms with Crippen LogP contribution in [0.15, 0.2) is 66.7 Å². The molecule has 3 heterocycles. The van der Waals surface area contributed by atoms with Gasteiger partial charge in [0.2, 0.25) is 11.9 Å². The number of benzene rings is 3. The molecule has 0 radical (unpaired) electrons. The Balaban J connectivity index is 1.41. The lowest BCUT2D eigenvalue weighted by Crippen LogP contribution is -2.44. The number of aromatic nitrogens is 4. The van der Waals surface area contributed by atoms with Gasteiger partial charge in [-0.25, -0.2) is 14.8 Å². The first-order valence-corrected chi connectivity index (χ1v) is 14.4. The molecule has 0 saturated carbocycles. The minimum atomic E-state index is -4.82. The highest BCUT2D eigenvalue weighted by Crippen LogP contribution is 2.37. The van der Waals surface area contributed by atoms with Gasteiger partial charge in [0.05, 0.1) is 23.2 Å². The number of para-hydroxylation sites is 1. The molecule has 0 bridgehead atoms. The number of nitrogens with one attached hydrogen (secondary N) is 2. The number of hydrogen-bond acceptors (Lipinski definition) is 8. The molecule has 17 heteroatoms. The fraction of sp³-hybridized carbons (Fsp3) is 0.233. The Hall–Kier alpha value is -5.25. The van der Waals surface area contributed by atoms with E-state index in [1.807, 2.05) is 6.07 Å². The zero-order valence-corrected chi connectivity index (χ0v) is 24.7. The number of anilines is 1. The Morgan fingerprint density at radius 1 is 1.09 bits per heavy atom. The van der Waals surface area contributed by atoms with Crippen molar-refractivity contribution in [3.05, 3.63) is 82.9 Å². The quantitative estimate of drug-likeness (QED) is 0.209. The van der Waals surface area contributed by atoms with Gasteiger partial charge >= 0.3 is 18.9 Å². The molecular formula is C30H23ClF5N7O4. The smallest absolute Gasteiger partial charge is 0.418 e. The van der Waals surface area contributed by atoms with Crippen LogP contribution in [0.2, 0.25) is 5.02 Å². The second-order valence-corrected chi connectivity index (χ2v) is 10.7. The van der Waals surface area contributed by atoms with E-state index in [0.717, 1.165) is 22.2 Å². The summed E-state index contributed by atoms with van der Waals surface area (Å²) in [5, 5.41) is 9.82. The van der Waals surface area contributed by atoms with Crippen LogP contribution in [0, 0.1) is 0 Å². The molecular weight excluding hydrogens is 653 g/mol. The zero-order chi connectivity index (χ0) is 33.3. The summed E-state index contributed by atoms with van der Waals surface area (Å²) >= 11 is 5.98. The second-order valence-electron chi connectivity index (χ2n) is 10.3. The van der Waals surface area contributed by atoms with Gasteiger partial charge in [-0.05, 0) is 35.9 Å². The van der Waals surface area contributed by atoms with Crippen molar-refractivity contribution in [2.75, 3.05) is 25.0 Å². The van der Waals surface area contributed by atoms with E-state index in [9.17, 15) is 31.5 Å². The molecule has 0 spiro atoms. The third-order valence-corrected chi connectivity index (χ3v) is 7.41. The molecule has 1 atom stereocenters. The van der Waals surface area contributed by atoms with Gasteiger partial charge in [0.15, 0.2) is 11.5 Å². The van der Waals surface area contributed by atoms with E-state index in [-0.39, 0.29) is 65.4 Å². The van der Waals surface area contributed by atoms with E-state index < -0.39 is 41.9 Å². The number of fused-ring (bicyclic) bond motifs is 3. The van der Waals surface area contributed by atoms with Crippen LogP contribution in [0.5, 0.6) is 5.75 Å². The summed E-state index contributed by atoms with van der Waals surface area (Å²) in [5.41, 5.74) is -1.03. The maximum absolute atomic E-state index is 14.1. The number of amides is 2. The van der Waals surface area contributed by atoms with E-state index in [0.29, 0.717) is 0 Å². The molecule has 2 amide bonds. The van der Waals surface area contributed by atoms with E-state index in [4.69, 9.17) is 16.3 Å². The summed E-state index contributed by atoms with van der Waals surface area (Å²) < 4.78 is 79.9. The minimum absolute atomic E-state index is 0.0214. The molecule has 1 saturated heterocycles. The Labute approximate surface area is 267 Å². The van der Waals surface area contributed by atoms with Gasteiger partial charge in [0.1, 0.15) is 18.4 Å². The summed E-state index contributed by atoms with van der Waals surface area (Å²) in [6.45, 7) is -3.33. The molecule has 0 aliphatic carbocycles. The van der Waals surface area contributed by atoms with Crippen LogP contribution in [0.25, 0.3) is 27.9 Å². The average Bonchev–Trinajstić information content (AvgIpc) is 3.39. The van der Waals surface area contributed by atoms with Crippen molar-refractivity contribution in [3.63, 3.8) is 0 Å². The number of carbonyl (C=O) groups excluding carboxylic acids is 2. The van der Waals surface area contributed by atoms with E-state index in [1.54, 1.807) is 24.3 Å². The van der Waals surface area contributed by atoms with Crippen molar-refractivity contribution >= 4 is 46.1 Å². The number of alkyl halides is 5. The molecule has 244 valence electrons. The summed E-state index contributed by atoms with van der Waals surface area (Å²) in [6.07, 6.45) is -5.54. The van der Waals surface area contributed by atoms with Crippen LogP contribution in [0.1, 0.15) is 11.1 Å². The molecule has 5 aromatic rings. The Kier molecular flexibility index (Phi) is 8.68. The number of hydrogen-bond donors (Lipinski definition) is 2. The lowest BCUT2D eigenvalue weighted by Gasteiger charge is -2.23. The number of nitrogens with zero attached hydrogens (tertiary/aromatic N) is 5. The van der Waals surface area contributed by atoms with Crippen LogP contribution in [-0.4, -0.2) is 68.8 Å². The van der Waals surface area contributed by atoms with Gasteiger partial charge in [-0.15, -0.1) is 5.10 Å². The van der Waals surface area contributed by atoms with Crippen molar-refractivity contribution in [3.8, 4) is 17.1 Å². The molecule has 6 rings (SSSR count). The van der Waals surface area contributed by atoms with Gasteiger partial charge < -0.3 is 25.0 Å². The normalized spacial score (nSPS) is 15.5. The minimum Gasteiger partial charge on any atom is -0.445 e. The third kappa shape index (κ3) is 6.82. The van der Waals surface area contributed by atoms with E-state index in [2.05, 4.69) is 30.4 Å². The van der Waals surface area contributed by atoms with Crippen molar-refractivity contribution in [2.45, 2.75) is 25.4 Å². The van der Waals surface area contributed by atoms with Crippen molar-refractivity contribution < 1.29 is 41.0 Å². The molecule has 1 aliphatic heterocycles. The average molecular weight is 676 g/mol.